The first-order chi connectivity index (χ1) is 65.9. The van der Waals surface area contributed by atoms with Crippen LogP contribution in [-0.2, 0) is 47.3 Å². The molecule has 2 N–H and O–H groups in total. The number of anilines is 8. The highest BCUT2D eigenvalue weighted by Crippen LogP contribution is 2.37. The quantitative estimate of drug-likeness (QED) is 0.0713. The highest BCUT2D eigenvalue weighted by molar-refractivity contribution is 9.10. The Balaban J connectivity index is 0.000000127. The van der Waals surface area contributed by atoms with Crippen LogP contribution in [0.3, 0.4) is 0 Å². The lowest BCUT2D eigenvalue weighted by atomic mass is 9.82. The third kappa shape index (κ3) is 25.8. The summed E-state index contributed by atoms with van der Waals surface area (Å²) < 4.78 is 22.2. The Hall–Kier alpha value is -12.6. The summed E-state index contributed by atoms with van der Waals surface area (Å²) in [4.78, 5) is 75.6. The molecule has 0 unspecified atom stereocenters. The van der Waals surface area contributed by atoms with Gasteiger partial charge in [0.05, 0.1) is 92.5 Å². The van der Waals surface area contributed by atoms with Crippen LogP contribution in [0.4, 0.5) is 50.8 Å². The van der Waals surface area contributed by atoms with Crippen molar-refractivity contribution in [3.8, 4) is 22.3 Å². The van der Waals surface area contributed by atoms with Crippen molar-refractivity contribution >= 4 is 141 Å². The van der Waals surface area contributed by atoms with Gasteiger partial charge in [-0.05, 0) is 219 Å². The molecule has 7 aromatic heterocycles. The Labute approximate surface area is 820 Å². The first kappa shape index (κ1) is 97.5. The molecule has 12 heterocycles. The zero-order valence-corrected chi connectivity index (χ0v) is 84.5. The maximum atomic E-state index is 12.3. The molecule has 5 aliphatic heterocycles. The van der Waals surface area contributed by atoms with Gasteiger partial charge in [0.25, 0.3) is 0 Å². The van der Waals surface area contributed by atoms with E-state index in [4.69, 9.17) is 29.0 Å². The molecular formula is C104H125BBr2N26O4. The number of nitrogens with one attached hydrogen (secondary N) is 2. The Kier molecular flexibility index (Phi) is 31.2. The zero-order chi connectivity index (χ0) is 96.1. The summed E-state index contributed by atoms with van der Waals surface area (Å²) in [5.41, 5.74) is 20.8. The van der Waals surface area contributed by atoms with E-state index in [1.54, 1.807) is 35.7 Å². The summed E-state index contributed by atoms with van der Waals surface area (Å²) in [7, 11) is 16.5. The van der Waals surface area contributed by atoms with Crippen molar-refractivity contribution in [2.45, 2.75) is 91.4 Å². The summed E-state index contributed by atoms with van der Waals surface area (Å²) in [5.74, 6) is 3.36. The van der Waals surface area contributed by atoms with Gasteiger partial charge >= 0.3 is 13.2 Å². The van der Waals surface area contributed by atoms with Gasteiger partial charge in [0.1, 0.15) is 28.9 Å². The van der Waals surface area contributed by atoms with E-state index in [0.29, 0.717) is 0 Å². The van der Waals surface area contributed by atoms with Crippen LogP contribution in [0.15, 0.2) is 241 Å². The molecule has 0 spiro atoms. The van der Waals surface area contributed by atoms with Crippen molar-refractivity contribution in [2.24, 2.45) is 7.05 Å². The lowest BCUT2D eigenvalue weighted by molar-refractivity contribution is 0.00578. The van der Waals surface area contributed by atoms with E-state index in [9.17, 15) is 4.79 Å². The van der Waals surface area contributed by atoms with Crippen molar-refractivity contribution in [2.75, 3.05) is 194 Å². The summed E-state index contributed by atoms with van der Waals surface area (Å²) in [5, 5.41) is 18.5. The molecule has 30 nitrogen and oxygen atoms in total. The molecule has 712 valence electrons. The SMILES string of the molecule is CN1CCN(c2cccc(CN(C)c3cnc4cc(-c5cn[nH]c5)ccc4n3)c2)CC1.CN1CCN(c2cccc(CN(C)c3cnc4cc(-c5cnn(C(=O)OC(C)(C)C)c5)ccc4n3)c2)CC1.CN1CCN(c2cccc(CN(C)c3cnc4cc(Br)ccc4n3)c2)CC1.CN1CCN(c2cccc(CNc3cnc4cc(Br)ccc4n3)c2)CC1.Cn1cc(B2OC(C)(C)C(C)(C)O2)cn1. The molecule has 0 bridgehead atoms. The molecule has 0 atom stereocenters. The number of carbonyl (C=O) groups is 1. The number of rotatable bonds is 19. The van der Waals surface area contributed by atoms with E-state index < -0.39 is 11.7 Å². The minimum Gasteiger partial charge on any atom is -0.442 e. The maximum absolute atomic E-state index is 12.3. The number of likely N-dealkylation sites (N-methyl/N-ethyl adjacent to an activating group) is 4. The van der Waals surface area contributed by atoms with Gasteiger partial charge in [0, 0.05) is 232 Å². The highest BCUT2D eigenvalue weighted by Gasteiger charge is 2.52. The van der Waals surface area contributed by atoms with Gasteiger partial charge in [-0.3, -0.25) is 29.7 Å². The second kappa shape index (κ2) is 43.8. The number of aromatic nitrogens is 14. The predicted molar refractivity (Wildman–Crippen MR) is 561 cm³/mol. The van der Waals surface area contributed by atoms with Crippen LogP contribution in [0, 0.1) is 0 Å². The Morgan fingerprint density at radius 1 is 0.423 bits per heavy atom. The fourth-order valence-electron chi connectivity index (χ4n) is 16.7. The van der Waals surface area contributed by atoms with Gasteiger partial charge in [0.15, 0.2) is 0 Å². The van der Waals surface area contributed by atoms with Crippen LogP contribution in [0.1, 0.15) is 70.7 Å². The number of carbonyl (C=O) groups excluding carboxylic acids is 1. The summed E-state index contributed by atoms with van der Waals surface area (Å²) in [6.45, 7) is 34.2. The monoisotopic (exact) mass is 1970 g/mol. The molecule has 5 aliphatic rings. The van der Waals surface area contributed by atoms with Crippen LogP contribution in [0.25, 0.3) is 66.4 Å². The van der Waals surface area contributed by atoms with E-state index in [2.05, 4.69) is 288 Å². The molecule has 137 heavy (non-hydrogen) atoms. The van der Waals surface area contributed by atoms with Crippen LogP contribution in [-0.4, -0.2) is 273 Å². The molecular weight excluding hydrogens is 1850 g/mol. The van der Waals surface area contributed by atoms with Gasteiger partial charge in [-0.1, -0.05) is 92.5 Å². The number of ether oxygens (including phenoxy) is 1. The molecule has 0 aliphatic carbocycles. The number of hydrogen-bond donors (Lipinski definition) is 2. The van der Waals surface area contributed by atoms with E-state index in [0.717, 1.165) is 235 Å². The fraction of sp³-hybridized carbons (Fsp3) is 0.365. The molecule has 33 heteroatoms. The summed E-state index contributed by atoms with van der Waals surface area (Å²) in [6.07, 6.45) is 17.5. The van der Waals surface area contributed by atoms with E-state index >= 15 is 0 Å². The third-order valence-electron chi connectivity index (χ3n) is 25.7. The Morgan fingerprint density at radius 3 is 1.20 bits per heavy atom. The van der Waals surface area contributed by atoms with Crippen molar-refractivity contribution < 1.29 is 18.8 Å². The number of H-pyrrole nitrogens is 1. The molecule has 15 aromatic rings. The number of benzene rings is 8. The average molecular weight is 1970 g/mol. The standard InChI is InChI=1S/C29H35N7O2.C24H27N7.C21H24BrN5.C20H22BrN5.C10H17BN2O2/c1-29(2,3)38-28(37)36-20-23(17-31-36)22-9-10-25-26(16-22)30-18-27(32-25)34(5)19-21-7-6-8-24(15-21)35-13-11-33(4)12-14-35;1-29-8-10-31(11-9-29)21-5-3-4-18(12-21)17-30(2)24-16-25-23-13-19(6-7-22(23)28-24)20-14-26-27-15-20;1-25-8-10-27(11-9-25)18-5-3-4-16(12-18)15-26(2)21-14-23-20-13-17(22)6-7-19(20)24-21;1-25-7-9-26(10-8-25)17-4-2-3-15(11-17)13-23-20-14-22-19-12-16(21)5-6-18(19)24-20;1-9(2)10(3,4)15-11(14-9)8-6-12-13(5)7-8/h6-10,15-18,20H,11-14,19H2,1-5H3;3-7,12-16H,8-11,17H2,1-2H3,(H,26,27);3-7,12-14H,8-11,15H2,1-2H3;2-6,11-12,14H,7-10,13H2,1H3,(H,23,24);6-7H,1-5H3. The van der Waals surface area contributed by atoms with Gasteiger partial charge < -0.3 is 73.3 Å². The van der Waals surface area contributed by atoms with Crippen LogP contribution in [0.5, 0.6) is 0 Å². The molecule has 0 amide bonds. The number of piperazine rings is 4. The number of fused-ring (bicyclic) bond motifs is 4. The number of nitrogens with zero attached hydrogens (tertiary/aromatic N) is 24. The normalized spacial score (nSPS) is 15.9. The zero-order valence-electron chi connectivity index (χ0n) is 81.3. The summed E-state index contributed by atoms with van der Waals surface area (Å²) >= 11 is 6.95. The minimum absolute atomic E-state index is 0.284. The first-order valence-corrected chi connectivity index (χ1v) is 48.4. The topological polar surface area (TPSA) is 260 Å². The number of aromatic amines is 1. The smallest absolute Gasteiger partial charge is 0.442 e. The predicted octanol–water partition coefficient (Wildman–Crippen LogP) is 16.3. The van der Waals surface area contributed by atoms with Gasteiger partial charge in [-0.15, -0.1) is 0 Å². The lowest BCUT2D eigenvalue weighted by Gasteiger charge is -2.34. The van der Waals surface area contributed by atoms with Gasteiger partial charge in [-0.25, -0.2) is 24.7 Å². The highest BCUT2D eigenvalue weighted by atomic mass is 79.9. The Bertz CT molecular complexity index is 6570. The molecule has 0 radical (unpaired) electrons. The molecule has 20 rings (SSSR count). The van der Waals surface area contributed by atoms with Crippen LogP contribution in [0.2, 0.25) is 0 Å². The third-order valence-corrected chi connectivity index (χ3v) is 26.6. The van der Waals surface area contributed by atoms with Crippen molar-refractivity contribution in [3.05, 3.63) is 263 Å². The second-order valence-electron chi connectivity index (χ2n) is 38.1. The number of hydrogen-bond acceptors (Lipinski definition) is 27. The van der Waals surface area contributed by atoms with Gasteiger partial charge in [0.2, 0.25) is 0 Å². The van der Waals surface area contributed by atoms with E-state index in [1.165, 1.54) is 49.7 Å². The largest absolute Gasteiger partial charge is 0.498 e. The maximum Gasteiger partial charge on any atom is 0.498 e. The van der Waals surface area contributed by atoms with Crippen LogP contribution >= 0.6 is 31.9 Å². The van der Waals surface area contributed by atoms with Crippen molar-refractivity contribution in [1.29, 1.82) is 0 Å². The molecule has 8 aromatic carbocycles. The average Bonchev–Trinajstić information content (AvgIpc) is 1.61. The first-order valence-electron chi connectivity index (χ1n) is 46.8. The summed E-state index contributed by atoms with van der Waals surface area (Å²) in [6, 6.07) is 59.2. The molecule has 5 saturated heterocycles. The Morgan fingerprint density at radius 2 is 0.803 bits per heavy atom. The van der Waals surface area contributed by atoms with Gasteiger partial charge in [-0.2, -0.15) is 20.0 Å². The molecule has 5 fully saturated rings. The van der Waals surface area contributed by atoms with E-state index in [-0.39, 0.29) is 18.3 Å². The van der Waals surface area contributed by atoms with Crippen molar-refractivity contribution in [3.63, 3.8) is 0 Å². The lowest BCUT2D eigenvalue weighted by Crippen LogP contribution is -2.44. The fourth-order valence-corrected chi connectivity index (χ4v) is 17.4. The number of halogens is 2. The second-order valence-corrected chi connectivity index (χ2v) is 39.9. The van der Waals surface area contributed by atoms with Crippen molar-refractivity contribution in [1.82, 2.24) is 89.2 Å². The number of aryl methyl sites for hydroxylation is 1. The van der Waals surface area contributed by atoms with Crippen LogP contribution < -0.4 is 45.1 Å². The van der Waals surface area contributed by atoms with E-state index in [1.807, 2.05) is 154 Å². The minimum atomic E-state index is -0.583. The molecule has 0 saturated carbocycles.